The monoisotopic (exact) mass is 729 g/mol. The standard InChI is InChI=1S/C50H31N7/c1-2-16-34(33(15-1)32-14-11-27-51-31-32)39-30-46(55-42-23-9-5-19-37(42)47-44(55)25-12-28-52-47)54-50(57-40-21-7-3-17-35(40)36-18-4-8-22-41(36)57)49(39)56-43-24-10-6-20-38(43)48-45(56)26-13-29-53-48/h1-31H. The summed E-state index contributed by atoms with van der Waals surface area (Å²) in [5.74, 6) is 1.58. The van der Waals surface area contributed by atoms with Gasteiger partial charge in [0.15, 0.2) is 5.82 Å². The molecule has 0 N–H and O–H groups in total. The summed E-state index contributed by atoms with van der Waals surface area (Å²) >= 11 is 0. The van der Waals surface area contributed by atoms with E-state index >= 15 is 0 Å². The zero-order valence-corrected chi connectivity index (χ0v) is 30.5. The summed E-state index contributed by atoms with van der Waals surface area (Å²) in [5, 5.41) is 4.47. The average molecular weight is 730 g/mol. The fourth-order valence-corrected chi connectivity index (χ4v) is 8.90. The van der Waals surface area contributed by atoms with Crippen molar-refractivity contribution in [3.63, 3.8) is 0 Å². The van der Waals surface area contributed by atoms with Crippen LogP contribution >= 0.6 is 0 Å². The smallest absolute Gasteiger partial charge is 0.165 e. The molecule has 0 amide bonds. The van der Waals surface area contributed by atoms with Crippen LogP contribution in [-0.4, -0.2) is 33.6 Å². The topological polar surface area (TPSA) is 66.3 Å². The van der Waals surface area contributed by atoms with Crippen LogP contribution in [0.2, 0.25) is 0 Å². The van der Waals surface area contributed by atoms with Crippen LogP contribution in [-0.2, 0) is 0 Å². The van der Waals surface area contributed by atoms with Crippen molar-refractivity contribution in [2.75, 3.05) is 0 Å². The Morgan fingerprint density at radius 3 is 1.47 bits per heavy atom. The van der Waals surface area contributed by atoms with E-state index in [2.05, 4.69) is 164 Å². The van der Waals surface area contributed by atoms with Gasteiger partial charge in [-0.05, 0) is 71.8 Å². The predicted octanol–water partition coefficient (Wildman–Crippen LogP) is 11.9. The fraction of sp³-hybridized carbons (Fsp3) is 0. The molecule has 7 aromatic heterocycles. The van der Waals surface area contributed by atoms with Gasteiger partial charge in [-0.2, -0.15) is 0 Å². The SMILES string of the molecule is c1cncc(-c2ccccc2-c2cc(-n3c4ccccc4c4ncccc43)nc(-n3c4ccccc4c4ccccc43)c2-n2c3ccccc3c3ncccc32)c1. The van der Waals surface area contributed by atoms with Crippen molar-refractivity contribution in [3.05, 3.63) is 189 Å². The van der Waals surface area contributed by atoms with E-state index in [-0.39, 0.29) is 0 Å². The van der Waals surface area contributed by atoms with Crippen LogP contribution in [0.15, 0.2) is 189 Å². The Bertz CT molecular complexity index is 3380. The molecule has 0 radical (unpaired) electrons. The normalized spacial score (nSPS) is 11.9. The van der Waals surface area contributed by atoms with Crippen LogP contribution < -0.4 is 0 Å². The van der Waals surface area contributed by atoms with Crippen LogP contribution in [0.3, 0.4) is 0 Å². The molecule has 0 bridgehead atoms. The second kappa shape index (κ2) is 12.3. The third-order valence-electron chi connectivity index (χ3n) is 11.2. The molecule has 7 nitrogen and oxygen atoms in total. The molecule has 0 fully saturated rings. The molecular weight excluding hydrogens is 699 g/mol. The minimum absolute atomic E-state index is 0.782. The maximum Gasteiger partial charge on any atom is 0.165 e. The number of aromatic nitrogens is 7. The molecule has 0 spiro atoms. The summed E-state index contributed by atoms with van der Waals surface area (Å²) in [4.78, 5) is 20.3. The van der Waals surface area contributed by atoms with Crippen molar-refractivity contribution in [1.82, 2.24) is 33.6 Å². The molecule has 266 valence electrons. The summed E-state index contributed by atoms with van der Waals surface area (Å²) < 4.78 is 6.99. The summed E-state index contributed by atoms with van der Waals surface area (Å²) in [7, 11) is 0. The van der Waals surface area contributed by atoms with E-state index in [4.69, 9.17) is 15.0 Å². The first-order valence-electron chi connectivity index (χ1n) is 19.1. The van der Waals surface area contributed by atoms with Gasteiger partial charge in [0, 0.05) is 57.5 Å². The number of pyridine rings is 4. The lowest BCUT2D eigenvalue weighted by atomic mass is 9.94. The van der Waals surface area contributed by atoms with Crippen LogP contribution in [0.4, 0.5) is 0 Å². The lowest BCUT2D eigenvalue weighted by Gasteiger charge is -2.23. The number of hydrogen-bond acceptors (Lipinski definition) is 4. The number of nitrogens with zero attached hydrogens (tertiary/aromatic N) is 7. The van der Waals surface area contributed by atoms with Gasteiger partial charge in [0.25, 0.3) is 0 Å². The molecule has 0 aliphatic rings. The van der Waals surface area contributed by atoms with Crippen molar-refractivity contribution in [1.29, 1.82) is 0 Å². The summed E-state index contributed by atoms with van der Waals surface area (Å²) in [6, 6.07) is 57.7. The van der Waals surface area contributed by atoms with Crippen LogP contribution in [0.1, 0.15) is 0 Å². The number of benzene rings is 5. The van der Waals surface area contributed by atoms with Gasteiger partial charge >= 0.3 is 0 Å². The highest BCUT2D eigenvalue weighted by Crippen LogP contribution is 2.45. The van der Waals surface area contributed by atoms with Crippen LogP contribution in [0.5, 0.6) is 0 Å². The van der Waals surface area contributed by atoms with Crippen LogP contribution in [0.25, 0.3) is 105 Å². The maximum absolute atomic E-state index is 5.86. The highest BCUT2D eigenvalue weighted by molar-refractivity contribution is 6.12. The van der Waals surface area contributed by atoms with Crippen molar-refractivity contribution in [3.8, 4) is 39.6 Å². The van der Waals surface area contributed by atoms with E-state index in [0.717, 1.165) is 105 Å². The third-order valence-corrected chi connectivity index (χ3v) is 11.2. The molecule has 0 aliphatic carbocycles. The molecular formula is C50H31N7. The van der Waals surface area contributed by atoms with E-state index in [1.165, 1.54) is 0 Å². The Morgan fingerprint density at radius 1 is 0.368 bits per heavy atom. The van der Waals surface area contributed by atoms with Crippen molar-refractivity contribution >= 4 is 65.7 Å². The second-order valence-electron chi connectivity index (χ2n) is 14.3. The van der Waals surface area contributed by atoms with Crippen molar-refractivity contribution in [2.45, 2.75) is 0 Å². The maximum atomic E-state index is 5.86. The molecule has 0 unspecified atom stereocenters. The first kappa shape index (κ1) is 31.5. The predicted molar refractivity (Wildman–Crippen MR) is 232 cm³/mol. The van der Waals surface area contributed by atoms with E-state index in [1.54, 1.807) is 0 Å². The zero-order valence-electron chi connectivity index (χ0n) is 30.5. The van der Waals surface area contributed by atoms with Crippen molar-refractivity contribution < 1.29 is 0 Å². The Hall–Kier alpha value is -7.90. The summed E-state index contributed by atoms with van der Waals surface area (Å²) in [6.45, 7) is 0. The molecule has 0 saturated carbocycles. The van der Waals surface area contributed by atoms with Gasteiger partial charge in [-0.15, -0.1) is 0 Å². The molecule has 5 aromatic carbocycles. The number of para-hydroxylation sites is 4. The highest BCUT2D eigenvalue weighted by Gasteiger charge is 2.27. The van der Waals surface area contributed by atoms with E-state index in [9.17, 15) is 0 Å². The van der Waals surface area contributed by atoms with Gasteiger partial charge in [-0.25, -0.2) is 4.98 Å². The largest absolute Gasteiger partial charge is 0.304 e. The minimum atomic E-state index is 0.782. The zero-order chi connectivity index (χ0) is 37.5. The number of fused-ring (bicyclic) bond motifs is 9. The number of rotatable bonds is 5. The second-order valence-corrected chi connectivity index (χ2v) is 14.3. The molecule has 0 saturated heterocycles. The average Bonchev–Trinajstić information content (AvgIpc) is 3.92. The van der Waals surface area contributed by atoms with Gasteiger partial charge in [-0.3, -0.25) is 24.1 Å². The highest BCUT2D eigenvalue weighted by atomic mass is 15.2. The van der Waals surface area contributed by atoms with Gasteiger partial charge in [0.05, 0.1) is 49.8 Å². The van der Waals surface area contributed by atoms with E-state index in [0.29, 0.717) is 0 Å². The minimum Gasteiger partial charge on any atom is -0.304 e. The summed E-state index contributed by atoms with van der Waals surface area (Å²) in [5.41, 5.74) is 13.2. The fourth-order valence-electron chi connectivity index (χ4n) is 8.90. The molecule has 12 aromatic rings. The molecule has 0 atom stereocenters. The first-order chi connectivity index (χ1) is 28.3. The van der Waals surface area contributed by atoms with E-state index in [1.807, 2.05) is 43.0 Å². The molecule has 0 aliphatic heterocycles. The Balaban J connectivity index is 1.34. The Labute approximate surface area is 326 Å². The van der Waals surface area contributed by atoms with Gasteiger partial charge in [0.2, 0.25) is 0 Å². The van der Waals surface area contributed by atoms with Crippen LogP contribution in [0, 0.1) is 0 Å². The van der Waals surface area contributed by atoms with Gasteiger partial charge in [0.1, 0.15) is 5.82 Å². The quantitative estimate of drug-likeness (QED) is 0.177. The molecule has 7 heteroatoms. The first-order valence-corrected chi connectivity index (χ1v) is 19.1. The Kier molecular flexibility index (Phi) is 6.79. The molecule has 57 heavy (non-hydrogen) atoms. The van der Waals surface area contributed by atoms with Gasteiger partial charge < -0.3 is 4.57 Å². The Morgan fingerprint density at radius 2 is 0.860 bits per heavy atom. The van der Waals surface area contributed by atoms with Gasteiger partial charge in [-0.1, -0.05) is 103 Å². The lowest BCUT2D eigenvalue weighted by molar-refractivity contribution is 0.984. The lowest BCUT2D eigenvalue weighted by Crippen LogP contribution is -2.11. The molecule has 12 rings (SSSR count). The number of hydrogen-bond donors (Lipinski definition) is 0. The third kappa shape index (κ3) is 4.60. The van der Waals surface area contributed by atoms with Crippen molar-refractivity contribution in [2.24, 2.45) is 0 Å². The summed E-state index contributed by atoms with van der Waals surface area (Å²) in [6.07, 6.45) is 7.51. The van der Waals surface area contributed by atoms with E-state index < -0.39 is 0 Å². The molecule has 7 heterocycles.